The van der Waals surface area contributed by atoms with Gasteiger partial charge in [0.05, 0.1) is 13.3 Å². The zero-order valence-electron chi connectivity index (χ0n) is 17.7. The predicted octanol–water partition coefficient (Wildman–Crippen LogP) is 4.15. The van der Waals surface area contributed by atoms with E-state index < -0.39 is 18.5 Å². The highest BCUT2D eigenvalue weighted by atomic mass is 35.5. The van der Waals surface area contributed by atoms with Crippen LogP contribution in [0.5, 0.6) is 17.2 Å². The van der Waals surface area contributed by atoms with E-state index >= 15 is 0 Å². The number of amides is 1. The molecule has 1 amide bonds. The lowest BCUT2D eigenvalue weighted by Gasteiger charge is -2.12. The molecule has 3 aromatic carbocycles. The van der Waals surface area contributed by atoms with E-state index in [1.807, 2.05) is 30.3 Å². The average molecular weight is 469 g/mol. The van der Waals surface area contributed by atoms with Crippen LogP contribution in [-0.2, 0) is 11.4 Å². The molecule has 0 atom stereocenters. The number of carbonyl (C=O) groups excluding carboxylic acids is 1. The number of carbonyl (C=O) groups is 2. The SMILES string of the molecule is COc1cc(C(=O)N/N=C/c2cc(Cl)ccc2OCC(=O)O)ccc1OCc1ccccc1. The Hall–Kier alpha value is -4.04. The first-order chi connectivity index (χ1) is 16.0. The number of rotatable bonds is 10. The molecule has 0 fully saturated rings. The number of hydrazone groups is 1. The van der Waals surface area contributed by atoms with Gasteiger partial charge in [-0.2, -0.15) is 5.10 Å². The summed E-state index contributed by atoms with van der Waals surface area (Å²) >= 11 is 5.98. The lowest BCUT2D eigenvalue weighted by atomic mass is 10.2. The van der Waals surface area contributed by atoms with Crippen LogP contribution in [0, 0.1) is 0 Å². The highest BCUT2D eigenvalue weighted by molar-refractivity contribution is 6.30. The molecule has 33 heavy (non-hydrogen) atoms. The van der Waals surface area contributed by atoms with Crippen LogP contribution in [0.2, 0.25) is 5.02 Å². The van der Waals surface area contributed by atoms with Gasteiger partial charge in [0.2, 0.25) is 0 Å². The fraction of sp³-hybridized carbons (Fsp3) is 0.125. The van der Waals surface area contributed by atoms with Crippen LogP contribution in [-0.4, -0.2) is 36.9 Å². The van der Waals surface area contributed by atoms with Crippen LogP contribution in [0.25, 0.3) is 0 Å². The fourth-order valence-corrected chi connectivity index (χ4v) is 2.96. The number of hydrogen-bond acceptors (Lipinski definition) is 6. The number of carboxylic acid groups (broad SMARTS) is 1. The van der Waals surface area contributed by atoms with Gasteiger partial charge in [-0.05, 0) is 42.0 Å². The van der Waals surface area contributed by atoms with E-state index in [1.165, 1.54) is 25.5 Å². The molecule has 0 aliphatic carbocycles. The van der Waals surface area contributed by atoms with Gasteiger partial charge >= 0.3 is 5.97 Å². The van der Waals surface area contributed by atoms with Crippen LogP contribution < -0.4 is 19.6 Å². The third kappa shape index (κ3) is 6.98. The summed E-state index contributed by atoms with van der Waals surface area (Å²) in [5.41, 5.74) is 4.13. The first-order valence-electron chi connectivity index (χ1n) is 9.78. The second-order valence-corrected chi connectivity index (χ2v) is 7.14. The smallest absolute Gasteiger partial charge is 0.341 e. The second kappa shape index (κ2) is 11.5. The van der Waals surface area contributed by atoms with E-state index in [2.05, 4.69) is 10.5 Å². The Labute approximate surface area is 195 Å². The minimum absolute atomic E-state index is 0.265. The molecule has 0 aromatic heterocycles. The van der Waals surface area contributed by atoms with Crippen molar-refractivity contribution in [3.8, 4) is 17.2 Å². The molecule has 8 nitrogen and oxygen atoms in total. The van der Waals surface area contributed by atoms with E-state index in [1.54, 1.807) is 24.3 Å². The first-order valence-corrected chi connectivity index (χ1v) is 10.2. The van der Waals surface area contributed by atoms with E-state index in [0.717, 1.165) is 5.56 Å². The van der Waals surface area contributed by atoms with Crippen LogP contribution in [0.3, 0.4) is 0 Å². The highest BCUT2D eigenvalue weighted by Gasteiger charge is 2.12. The van der Waals surface area contributed by atoms with Crippen molar-refractivity contribution in [1.29, 1.82) is 0 Å². The minimum atomic E-state index is -1.12. The zero-order chi connectivity index (χ0) is 23.6. The molecule has 0 spiro atoms. The van der Waals surface area contributed by atoms with E-state index in [4.69, 9.17) is 30.9 Å². The molecule has 0 saturated carbocycles. The molecular weight excluding hydrogens is 448 g/mol. The van der Waals surface area contributed by atoms with Gasteiger partial charge < -0.3 is 19.3 Å². The Morgan fingerprint density at radius 1 is 1.00 bits per heavy atom. The van der Waals surface area contributed by atoms with Crippen molar-refractivity contribution >= 4 is 29.7 Å². The summed E-state index contributed by atoms with van der Waals surface area (Å²) in [6.45, 7) is -0.160. The molecule has 0 unspecified atom stereocenters. The Morgan fingerprint density at radius 3 is 2.48 bits per heavy atom. The van der Waals surface area contributed by atoms with Crippen molar-refractivity contribution in [2.45, 2.75) is 6.61 Å². The summed E-state index contributed by atoms with van der Waals surface area (Å²) in [6.07, 6.45) is 1.32. The Bertz CT molecular complexity index is 1150. The number of aliphatic carboxylic acids is 1. The summed E-state index contributed by atoms with van der Waals surface area (Å²) < 4.78 is 16.3. The number of carboxylic acids is 1. The number of nitrogens with one attached hydrogen (secondary N) is 1. The van der Waals surface area contributed by atoms with E-state index in [-0.39, 0.29) is 5.75 Å². The Balaban J connectivity index is 1.66. The van der Waals surface area contributed by atoms with Gasteiger partial charge in [0.25, 0.3) is 5.91 Å². The van der Waals surface area contributed by atoms with Gasteiger partial charge in [-0.15, -0.1) is 0 Å². The highest BCUT2D eigenvalue weighted by Crippen LogP contribution is 2.29. The number of halogens is 1. The largest absolute Gasteiger partial charge is 0.493 e. The molecule has 0 aliphatic rings. The Kier molecular flexibility index (Phi) is 8.26. The number of methoxy groups -OCH3 is 1. The quantitative estimate of drug-likeness (QED) is 0.342. The Morgan fingerprint density at radius 2 is 1.76 bits per heavy atom. The summed E-state index contributed by atoms with van der Waals surface area (Å²) in [7, 11) is 1.49. The monoisotopic (exact) mass is 468 g/mol. The zero-order valence-corrected chi connectivity index (χ0v) is 18.4. The molecule has 0 heterocycles. The van der Waals surface area contributed by atoms with E-state index in [9.17, 15) is 9.59 Å². The van der Waals surface area contributed by atoms with Crippen LogP contribution in [0.4, 0.5) is 0 Å². The molecule has 3 rings (SSSR count). The third-order valence-electron chi connectivity index (χ3n) is 4.36. The van der Waals surface area contributed by atoms with Gasteiger partial charge in [-0.25, -0.2) is 10.2 Å². The van der Waals surface area contributed by atoms with Gasteiger partial charge in [0.15, 0.2) is 18.1 Å². The molecule has 2 N–H and O–H groups in total. The first kappa shape index (κ1) is 23.6. The van der Waals surface area contributed by atoms with Crippen molar-refractivity contribution in [3.63, 3.8) is 0 Å². The topological polar surface area (TPSA) is 106 Å². The molecule has 0 bridgehead atoms. The van der Waals surface area contributed by atoms with Crippen LogP contribution >= 0.6 is 11.6 Å². The summed E-state index contributed by atoms with van der Waals surface area (Å²) in [4.78, 5) is 23.2. The normalized spacial score (nSPS) is 10.6. The number of ether oxygens (including phenoxy) is 3. The lowest BCUT2D eigenvalue weighted by molar-refractivity contribution is -0.139. The molecular formula is C24H21ClN2O6. The molecule has 0 radical (unpaired) electrons. The van der Waals surface area contributed by atoms with Gasteiger partial charge in [0, 0.05) is 16.1 Å². The summed E-state index contributed by atoms with van der Waals surface area (Å²) in [5.74, 6) is -0.427. The summed E-state index contributed by atoms with van der Waals surface area (Å²) in [5, 5.41) is 13.1. The van der Waals surface area contributed by atoms with Crippen molar-refractivity contribution < 1.29 is 28.9 Å². The fourth-order valence-electron chi connectivity index (χ4n) is 2.78. The summed E-state index contributed by atoms with van der Waals surface area (Å²) in [6, 6.07) is 19.1. The molecule has 170 valence electrons. The van der Waals surface area contributed by atoms with Crippen molar-refractivity contribution in [2.24, 2.45) is 5.10 Å². The maximum Gasteiger partial charge on any atom is 0.341 e. The maximum absolute atomic E-state index is 12.5. The molecule has 0 saturated heterocycles. The van der Waals surface area contributed by atoms with E-state index in [0.29, 0.717) is 34.3 Å². The maximum atomic E-state index is 12.5. The van der Waals surface area contributed by atoms with Crippen molar-refractivity contribution in [3.05, 3.63) is 88.4 Å². The standard InChI is InChI=1S/C24H21ClN2O6/c1-31-22-12-17(7-9-21(22)32-14-16-5-3-2-4-6-16)24(30)27-26-13-18-11-19(25)8-10-20(18)33-15-23(28)29/h2-13H,14-15H2,1H3,(H,27,30)(H,28,29)/b26-13+. The second-order valence-electron chi connectivity index (χ2n) is 6.70. The third-order valence-corrected chi connectivity index (χ3v) is 4.59. The number of nitrogens with zero attached hydrogens (tertiary/aromatic N) is 1. The average Bonchev–Trinajstić information content (AvgIpc) is 2.82. The molecule has 3 aromatic rings. The minimum Gasteiger partial charge on any atom is -0.493 e. The van der Waals surface area contributed by atoms with Gasteiger partial charge in [-0.1, -0.05) is 41.9 Å². The number of hydrogen-bond donors (Lipinski definition) is 2. The molecule has 0 aliphatic heterocycles. The van der Waals surface area contributed by atoms with Crippen LogP contribution in [0.1, 0.15) is 21.5 Å². The predicted molar refractivity (Wildman–Crippen MR) is 123 cm³/mol. The van der Waals surface area contributed by atoms with Gasteiger partial charge in [-0.3, -0.25) is 4.79 Å². The number of benzene rings is 3. The van der Waals surface area contributed by atoms with Gasteiger partial charge in [0.1, 0.15) is 12.4 Å². The molecule has 9 heteroatoms. The van der Waals surface area contributed by atoms with Crippen LogP contribution in [0.15, 0.2) is 71.8 Å². The van der Waals surface area contributed by atoms with Crippen molar-refractivity contribution in [1.82, 2.24) is 5.43 Å². The lowest BCUT2D eigenvalue weighted by Crippen LogP contribution is -2.18. The van der Waals surface area contributed by atoms with Crippen molar-refractivity contribution in [2.75, 3.05) is 13.7 Å².